The topological polar surface area (TPSA) is 27.6 Å². The van der Waals surface area contributed by atoms with Gasteiger partial charge in [0.05, 0.1) is 0 Å². The molecule has 1 N–H and O–H groups in total. The Morgan fingerprint density at radius 3 is 2.53 bits per heavy atom. The highest BCUT2D eigenvalue weighted by molar-refractivity contribution is 5.80. The molecule has 1 aromatic rings. The van der Waals surface area contributed by atoms with Crippen LogP contribution in [0.25, 0.3) is 0 Å². The molecule has 1 aliphatic rings. The summed E-state index contributed by atoms with van der Waals surface area (Å²) in [5.41, 5.74) is 1.41. The first kappa shape index (κ1) is 13.9. The van der Waals surface area contributed by atoms with E-state index >= 15 is 0 Å². The standard InChI is InChI=1S/C16H25N3/c1-3-14(15-9-5-4-6-10-15)13-18-16(17-2)19-11-7-8-12-19/h4-6,9-10,14H,3,7-8,11-13H2,1-2H3,(H,17,18). The van der Waals surface area contributed by atoms with Crippen LogP contribution in [0.15, 0.2) is 35.3 Å². The number of benzene rings is 1. The minimum absolute atomic E-state index is 0.556. The van der Waals surface area contributed by atoms with Gasteiger partial charge in [0, 0.05) is 32.6 Å². The van der Waals surface area contributed by atoms with Crippen molar-refractivity contribution in [2.24, 2.45) is 4.99 Å². The van der Waals surface area contributed by atoms with Crippen molar-refractivity contribution in [3.63, 3.8) is 0 Å². The highest BCUT2D eigenvalue weighted by Crippen LogP contribution is 2.18. The number of hydrogen-bond donors (Lipinski definition) is 1. The zero-order valence-corrected chi connectivity index (χ0v) is 12.1. The Bertz CT molecular complexity index is 394. The Labute approximate surface area is 116 Å². The normalized spacial score (nSPS) is 17.6. The molecule has 0 bridgehead atoms. The fourth-order valence-electron chi connectivity index (χ4n) is 2.70. The fourth-order valence-corrected chi connectivity index (χ4v) is 2.70. The molecule has 104 valence electrons. The molecule has 0 saturated carbocycles. The summed E-state index contributed by atoms with van der Waals surface area (Å²) in [6, 6.07) is 10.7. The summed E-state index contributed by atoms with van der Waals surface area (Å²) in [6.45, 7) is 5.49. The second-order valence-corrected chi connectivity index (χ2v) is 5.14. The third kappa shape index (κ3) is 3.72. The third-order valence-corrected chi connectivity index (χ3v) is 3.89. The Hall–Kier alpha value is -1.51. The Kier molecular flexibility index (Phi) is 5.25. The molecule has 1 saturated heterocycles. The monoisotopic (exact) mass is 259 g/mol. The second-order valence-electron chi connectivity index (χ2n) is 5.14. The summed E-state index contributed by atoms with van der Waals surface area (Å²) in [5.74, 6) is 1.62. The summed E-state index contributed by atoms with van der Waals surface area (Å²) in [5, 5.41) is 3.54. The molecule has 1 heterocycles. The average molecular weight is 259 g/mol. The molecule has 1 aliphatic heterocycles. The SMILES string of the molecule is CCC(CNC(=NC)N1CCCC1)c1ccccc1. The van der Waals surface area contributed by atoms with Crippen LogP contribution in [0, 0.1) is 0 Å². The Morgan fingerprint density at radius 2 is 1.95 bits per heavy atom. The van der Waals surface area contributed by atoms with Gasteiger partial charge >= 0.3 is 0 Å². The van der Waals surface area contributed by atoms with Crippen LogP contribution in [-0.4, -0.2) is 37.5 Å². The van der Waals surface area contributed by atoms with Crippen molar-refractivity contribution >= 4 is 5.96 Å². The van der Waals surface area contributed by atoms with Crippen LogP contribution < -0.4 is 5.32 Å². The van der Waals surface area contributed by atoms with Crippen LogP contribution in [0.1, 0.15) is 37.7 Å². The smallest absolute Gasteiger partial charge is 0.193 e. The highest BCUT2D eigenvalue weighted by Gasteiger charge is 2.17. The second kappa shape index (κ2) is 7.17. The van der Waals surface area contributed by atoms with Gasteiger partial charge in [0.1, 0.15) is 0 Å². The lowest BCUT2D eigenvalue weighted by Crippen LogP contribution is -2.41. The van der Waals surface area contributed by atoms with E-state index in [0.29, 0.717) is 5.92 Å². The van der Waals surface area contributed by atoms with Gasteiger partial charge in [-0.2, -0.15) is 0 Å². The number of guanidine groups is 1. The van der Waals surface area contributed by atoms with E-state index < -0.39 is 0 Å². The number of rotatable bonds is 4. The van der Waals surface area contributed by atoms with E-state index in [2.05, 4.69) is 52.5 Å². The van der Waals surface area contributed by atoms with Gasteiger partial charge in [-0.05, 0) is 24.8 Å². The molecular weight excluding hydrogens is 234 g/mol. The molecule has 0 aromatic heterocycles. The lowest BCUT2D eigenvalue weighted by atomic mass is 9.97. The van der Waals surface area contributed by atoms with Gasteiger partial charge in [-0.3, -0.25) is 4.99 Å². The first-order valence-electron chi connectivity index (χ1n) is 7.35. The first-order chi connectivity index (χ1) is 9.35. The molecule has 3 heteroatoms. The van der Waals surface area contributed by atoms with Crippen molar-refractivity contribution in [2.75, 3.05) is 26.7 Å². The van der Waals surface area contributed by atoms with E-state index in [1.54, 1.807) is 0 Å². The minimum atomic E-state index is 0.556. The molecular formula is C16H25N3. The molecule has 0 amide bonds. The highest BCUT2D eigenvalue weighted by atomic mass is 15.3. The van der Waals surface area contributed by atoms with Crippen molar-refractivity contribution in [2.45, 2.75) is 32.1 Å². The fraction of sp³-hybridized carbons (Fsp3) is 0.562. The maximum atomic E-state index is 4.40. The summed E-state index contributed by atoms with van der Waals surface area (Å²) < 4.78 is 0. The van der Waals surface area contributed by atoms with Crippen molar-refractivity contribution < 1.29 is 0 Å². The molecule has 1 atom stereocenters. The van der Waals surface area contributed by atoms with E-state index in [0.717, 1.165) is 32.0 Å². The zero-order valence-electron chi connectivity index (χ0n) is 12.1. The molecule has 1 unspecified atom stereocenters. The Balaban J connectivity index is 1.92. The maximum Gasteiger partial charge on any atom is 0.193 e. The molecule has 3 nitrogen and oxygen atoms in total. The largest absolute Gasteiger partial charge is 0.356 e. The maximum absolute atomic E-state index is 4.40. The van der Waals surface area contributed by atoms with Crippen LogP contribution in [0.5, 0.6) is 0 Å². The molecule has 0 aliphatic carbocycles. The zero-order chi connectivity index (χ0) is 13.5. The Morgan fingerprint density at radius 1 is 1.26 bits per heavy atom. The minimum Gasteiger partial charge on any atom is -0.356 e. The molecule has 0 spiro atoms. The van der Waals surface area contributed by atoms with Gasteiger partial charge in [-0.1, -0.05) is 37.3 Å². The summed E-state index contributed by atoms with van der Waals surface area (Å²) in [7, 11) is 1.88. The van der Waals surface area contributed by atoms with Gasteiger partial charge in [-0.15, -0.1) is 0 Å². The molecule has 19 heavy (non-hydrogen) atoms. The quantitative estimate of drug-likeness (QED) is 0.665. The summed E-state index contributed by atoms with van der Waals surface area (Å²) >= 11 is 0. The lowest BCUT2D eigenvalue weighted by molar-refractivity contribution is 0.486. The van der Waals surface area contributed by atoms with Crippen molar-refractivity contribution in [1.82, 2.24) is 10.2 Å². The first-order valence-corrected chi connectivity index (χ1v) is 7.35. The van der Waals surface area contributed by atoms with Gasteiger partial charge in [0.25, 0.3) is 0 Å². The van der Waals surface area contributed by atoms with E-state index in [-0.39, 0.29) is 0 Å². The van der Waals surface area contributed by atoms with E-state index in [1.165, 1.54) is 18.4 Å². The number of nitrogens with one attached hydrogen (secondary N) is 1. The molecule has 1 aromatic carbocycles. The summed E-state index contributed by atoms with van der Waals surface area (Å²) in [4.78, 5) is 6.76. The predicted molar refractivity (Wildman–Crippen MR) is 81.6 cm³/mol. The van der Waals surface area contributed by atoms with Gasteiger partial charge in [0.15, 0.2) is 5.96 Å². The van der Waals surface area contributed by atoms with Crippen LogP contribution in [-0.2, 0) is 0 Å². The predicted octanol–water partition coefficient (Wildman–Crippen LogP) is 2.85. The molecule has 1 fully saturated rings. The number of likely N-dealkylation sites (tertiary alicyclic amines) is 1. The van der Waals surface area contributed by atoms with E-state index in [4.69, 9.17) is 0 Å². The number of hydrogen-bond acceptors (Lipinski definition) is 1. The van der Waals surface area contributed by atoms with Crippen molar-refractivity contribution in [1.29, 1.82) is 0 Å². The third-order valence-electron chi connectivity index (χ3n) is 3.89. The van der Waals surface area contributed by atoms with Gasteiger partial charge in [0.2, 0.25) is 0 Å². The average Bonchev–Trinajstić information content (AvgIpc) is 2.99. The lowest BCUT2D eigenvalue weighted by Gasteiger charge is -2.23. The van der Waals surface area contributed by atoms with E-state index in [9.17, 15) is 0 Å². The van der Waals surface area contributed by atoms with Gasteiger partial charge < -0.3 is 10.2 Å². The van der Waals surface area contributed by atoms with Crippen molar-refractivity contribution in [3.8, 4) is 0 Å². The van der Waals surface area contributed by atoms with Gasteiger partial charge in [-0.25, -0.2) is 0 Å². The van der Waals surface area contributed by atoms with E-state index in [1.807, 2.05) is 7.05 Å². The number of aliphatic imine (C=N–C) groups is 1. The van der Waals surface area contributed by atoms with Crippen LogP contribution in [0.4, 0.5) is 0 Å². The molecule has 2 rings (SSSR count). The van der Waals surface area contributed by atoms with Crippen LogP contribution >= 0.6 is 0 Å². The number of nitrogens with zero attached hydrogens (tertiary/aromatic N) is 2. The molecule has 0 radical (unpaired) electrons. The van der Waals surface area contributed by atoms with Crippen LogP contribution in [0.3, 0.4) is 0 Å². The summed E-state index contributed by atoms with van der Waals surface area (Å²) in [6.07, 6.45) is 3.72. The van der Waals surface area contributed by atoms with Crippen LogP contribution in [0.2, 0.25) is 0 Å². The van der Waals surface area contributed by atoms with Crippen molar-refractivity contribution in [3.05, 3.63) is 35.9 Å².